The van der Waals surface area contributed by atoms with Crippen molar-refractivity contribution >= 4 is 11.8 Å². The molecule has 17 heavy (non-hydrogen) atoms. The maximum Gasteiger partial charge on any atom is 0.407 e. The van der Waals surface area contributed by atoms with Crippen LogP contribution in [0.15, 0.2) is 18.2 Å². The largest absolute Gasteiger partial charge is 0.506 e. The molecular formula is C12H16N2O3. The molecule has 5 heteroatoms. The first-order chi connectivity index (χ1) is 8.08. The molecule has 1 amide bonds. The molecule has 92 valence electrons. The van der Waals surface area contributed by atoms with Crippen LogP contribution in [0.3, 0.4) is 0 Å². The van der Waals surface area contributed by atoms with Gasteiger partial charge in [-0.15, -0.1) is 0 Å². The average Bonchev–Trinajstić information content (AvgIpc) is 2.33. The minimum absolute atomic E-state index is 0.100. The van der Waals surface area contributed by atoms with Gasteiger partial charge in [-0.25, -0.2) is 4.79 Å². The van der Waals surface area contributed by atoms with Crippen molar-refractivity contribution in [1.82, 2.24) is 4.90 Å². The summed E-state index contributed by atoms with van der Waals surface area (Å²) < 4.78 is 0. The lowest BCUT2D eigenvalue weighted by atomic mass is 9.89. The van der Waals surface area contributed by atoms with Crippen molar-refractivity contribution in [3.63, 3.8) is 0 Å². The Labute approximate surface area is 99.5 Å². The fraction of sp³-hybridized carbons (Fsp3) is 0.417. The third kappa shape index (κ3) is 2.43. The standard InChI is InChI=1S/C12H16N2O3/c13-10-2-1-9(7-11(10)15)8-3-5-14(6-4-8)12(16)17/h1-2,7-8,15H,3-6,13H2,(H,16,17). The van der Waals surface area contributed by atoms with Crippen molar-refractivity contribution in [3.8, 4) is 5.75 Å². The van der Waals surface area contributed by atoms with Crippen LogP contribution in [0.1, 0.15) is 24.3 Å². The van der Waals surface area contributed by atoms with E-state index in [0.717, 1.165) is 18.4 Å². The number of aromatic hydroxyl groups is 1. The summed E-state index contributed by atoms with van der Waals surface area (Å²) >= 11 is 0. The lowest BCUT2D eigenvalue weighted by molar-refractivity contribution is 0.132. The van der Waals surface area contributed by atoms with Gasteiger partial charge in [-0.3, -0.25) is 0 Å². The van der Waals surface area contributed by atoms with E-state index in [4.69, 9.17) is 10.8 Å². The van der Waals surface area contributed by atoms with E-state index in [-0.39, 0.29) is 5.75 Å². The normalized spacial score (nSPS) is 17.1. The van der Waals surface area contributed by atoms with Crippen LogP contribution in [0.25, 0.3) is 0 Å². The summed E-state index contributed by atoms with van der Waals surface area (Å²) in [6, 6.07) is 5.26. The molecule has 0 aliphatic carbocycles. The fourth-order valence-corrected chi connectivity index (χ4v) is 2.22. The Morgan fingerprint density at radius 3 is 2.53 bits per heavy atom. The smallest absolute Gasteiger partial charge is 0.407 e. The molecular weight excluding hydrogens is 220 g/mol. The number of carbonyl (C=O) groups is 1. The van der Waals surface area contributed by atoms with Crippen molar-refractivity contribution in [3.05, 3.63) is 23.8 Å². The number of benzene rings is 1. The number of amides is 1. The van der Waals surface area contributed by atoms with E-state index < -0.39 is 6.09 Å². The van der Waals surface area contributed by atoms with E-state index in [2.05, 4.69) is 0 Å². The van der Waals surface area contributed by atoms with E-state index in [1.165, 1.54) is 4.90 Å². The van der Waals surface area contributed by atoms with E-state index in [1.807, 2.05) is 6.07 Å². The number of rotatable bonds is 1. The van der Waals surface area contributed by atoms with Crippen molar-refractivity contribution in [2.24, 2.45) is 0 Å². The van der Waals surface area contributed by atoms with Gasteiger partial charge in [-0.2, -0.15) is 0 Å². The first kappa shape index (κ1) is 11.6. The van der Waals surface area contributed by atoms with E-state index in [1.54, 1.807) is 12.1 Å². The van der Waals surface area contributed by atoms with Gasteiger partial charge >= 0.3 is 6.09 Å². The summed E-state index contributed by atoms with van der Waals surface area (Å²) in [5, 5.41) is 18.4. The monoisotopic (exact) mass is 236 g/mol. The Balaban J connectivity index is 2.05. The van der Waals surface area contributed by atoms with E-state index in [0.29, 0.717) is 24.7 Å². The SMILES string of the molecule is Nc1ccc(C2CCN(C(=O)O)CC2)cc1O. The number of nitrogens with two attached hydrogens (primary N) is 1. The predicted molar refractivity (Wildman–Crippen MR) is 64.1 cm³/mol. The van der Waals surface area contributed by atoms with Gasteiger partial charge in [0.15, 0.2) is 0 Å². The van der Waals surface area contributed by atoms with Gasteiger partial charge in [0, 0.05) is 13.1 Å². The summed E-state index contributed by atoms with van der Waals surface area (Å²) in [5.74, 6) is 0.403. The molecule has 1 fully saturated rings. The molecule has 2 rings (SSSR count). The van der Waals surface area contributed by atoms with Gasteiger partial charge in [0.1, 0.15) is 5.75 Å². The molecule has 5 nitrogen and oxygen atoms in total. The minimum atomic E-state index is -0.858. The molecule has 1 aromatic carbocycles. The maximum absolute atomic E-state index is 10.8. The third-order valence-corrected chi connectivity index (χ3v) is 3.29. The number of phenolic OH excluding ortho intramolecular Hbond substituents is 1. The van der Waals surface area contributed by atoms with Crippen LogP contribution >= 0.6 is 0 Å². The predicted octanol–water partition coefficient (Wildman–Crippen LogP) is 1.83. The molecule has 1 saturated heterocycles. The second-order valence-corrected chi connectivity index (χ2v) is 4.36. The van der Waals surface area contributed by atoms with Gasteiger partial charge in [-0.05, 0) is 36.5 Å². The van der Waals surface area contributed by atoms with E-state index in [9.17, 15) is 9.90 Å². The lowest BCUT2D eigenvalue weighted by Crippen LogP contribution is -2.36. The van der Waals surface area contributed by atoms with Crippen LogP contribution in [0.5, 0.6) is 5.75 Å². The van der Waals surface area contributed by atoms with Gasteiger partial charge < -0.3 is 20.8 Å². The molecule has 0 atom stereocenters. The van der Waals surface area contributed by atoms with Gasteiger partial charge in [-0.1, -0.05) is 6.07 Å². The number of nitrogens with zero attached hydrogens (tertiary/aromatic N) is 1. The highest BCUT2D eigenvalue weighted by molar-refractivity contribution is 5.65. The second kappa shape index (κ2) is 4.53. The van der Waals surface area contributed by atoms with Crippen molar-refractivity contribution in [1.29, 1.82) is 0 Å². The number of phenols is 1. The molecule has 1 aliphatic rings. The maximum atomic E-state index is 10.8. The van der Waals surface area contributed by atoms with Crippen LogP contribution in [0, 0.1) is 0 Å². The quantitative estimate of drug-likeness (QED) is 0.513. The molecule has 0 aromatic heterocycles. The summed E-state index contributed by atoms with van der Waals surface area (Å²) in [5.41, 5.74) is 6.95. The van der Waals surface area contributed by atoms with Crippen molar-refractivity contribution in [2.45, 2.75) is 18.8 Å². The Morgan fingerprint density at radius 2 is 2.00 bits per heavy atom. The molecule has 0 spiro atoms. The zero-order valence-corrected chi connectivity index (χ0v) is 9.47. The zero-order chi connectivity index (χ0) is 12.4. The number of hydrogen-bond donors (Lipinski definition) is 3. The summed E-state index contributed by atoms with van der Waals surface area (Å²) in [6.07, 6.45) is 0.717. The Kier molecular flexibility index (Phi) is 3.08. The number of piperidine rings is 1. The summed E-state index contributed by atoms with van der Waals surface area (Å²) in [4.78, 5) is 12.2. The van der Waals surface area contributed by atoms with Crippen LogP contribution in [0.4, 0.5) is 10.5 Å². The summed E-state index contributed by atoms with van der Waals surface area (Å²) in [6.45, 7) is 1.09. The fourth-order valence-electron chi connectivity index (χ4n) is 2.22. The average molecular weight is 236 g/mol. The second-order valence-electron chi connectivity index (χ2n) is 4.36. The summed E-state index contributed by atoms with van der Waals surface area (Å²) in [7, 11) is 0. The molecule has 1 heterocycles. The Bertz CT molecular complexity index is 426. The lowest BCUT2D eigenvalue weighted by Gasteiger charge is -2.30. The van der Waals surface area contributed by atoms with Crippen LogP contribution in [-0.2, 0) is 0 Å². The minimum Gasteiger partial charge on any atom is -0.506 e. The molecule has 0 unspecified atom stereocenters. The molecule has 0 bridgehead atoms. The van der Waals surface area contributed by atoms with Gasteiger partial charge in [0.05, 0.1) is 5.69 Å². The Morgan fingerprint density at radius 1 is 1.35 bits per heavy atom. The van der Waals surface area contributed by atoms with Crippen LogP contribution < -0.4 is 5.73 Å². The van der Waals surface area contributed by atoms with Crippen molar-refractivity contribution in [2.75, 3.05) is 18.8 Å². The van der Waals surface area contributed by atoms with Crippen molar-refractivity contribution < 1.29 is 15.0 Å². The highest BCUT2D eigenvalue weighted by atomic mass is 16.4. The molecule has 1 aromatic rings. The van der Waals surface area contributed by atoms with E-state index >= 15 is 0 Å². The number of anilines is 1. The Hall–Kier alpha value is -1.91. The molecule has 4 N–H and O–H groups in total. The highest BCUT2D eigenvalue weighted by Gasteiger charge is 2.23. The number of hydrogen-bond acceptors (Lipinski definition) is 3. The molecule has 0 saturated carbocycles. The number of likely N-dealkylation sites (tertiary alicyclic amines) is 1. The van der Waals surface area contributed by atoms with Crippen LogP contribution in [-0.4, -0.2) is 34.3 Å². The van der Waals surface area contributed by atoms with Gasteiger partial charge in [0.2, 0.25) is 0 Å². The molecule has 1 aliphatic heterocycles. The van der Waals surface area contributed by atoms with Crippen LogP contribution in [0.2, 0.25) is 0 Å². The van der Waals surface area contributed by atoms with Gasteiger partial charge in [0.25, 0.3) is 0 Å². The number of carboxylic acid groups (broad SMARTS) is 1. The first-order valence-electron chi connectivity index (χ1n) is 5.64. The highest BCUT2D eigenvalue weighted by Crippen LogP contribution is 2.32. The number of nitrogen functional groups attached to an aromatic ring is 1. The molecule has 0 radical (unpaired) electrons. The topological polar surface area (TPSA) is 86.8 Å². The first-order valence-corrected chi connectivity index (χ1v) is 5.64. The third-order valence-electron chi connectivity index (χ3n) is 3.29. The zero-order valence-electron chi connectivity index (χ0n) is 9.47.